The van der Waals surface area contributed by atoms with E-state index in [1.807, 2.05) is 12.1 Å². The molecule has 0 saturated heterocycles. The van der Waals surface area contributed by atoms with E-state index in [0.717, 1.165) is 21.8 Å². The molecule has 0 radical (unpaired) electrons. The van der Waals surface area contributed by atoms with Gasteiger partial charge in [-0.25, -0.2) is 4.90 Å². The molecule has 2 atom stereocenters. The number of hydrogen-bond donors (Lipinski definition) is 2. The number of imide groups is 2. The Hall–Kier alpha value is -3.88. The van der Waals surface area contributed by atoms with E-state index in [0.29, 0.717) is 35.2 Å². The minimum Gasteiger partial charge on any atom is -0.396 e. The van der Waals surface area contributed by atoms with E-state index in [1.54, 1.807) is 19.1 Å². The van der Waals surface area contributed by atoms with E-state index >= 15 is 0 Å². The number of rotatable bonds is 8. The fourth-order valence-electron chi connectivity index (χ4n) is 5.36. The summed E-state index contributed by atoms with van der Waals surface area (Å²) in [5.41, 5.74) is 2.43. The molecule has 5 rings (SSSR count). The first-order chi connectivity index (χ1) is 17.8. The van der Waals surface area contributed by atoms with Crippen molar-refractivity contribution in [2.75, 3.05) is 18.1 Å². The first-order valence-corrected chi connectivity index (χ1v) is 12.5. The molecule has 2 aliphatic heterocycles. The van der Waals surface area contributed by atoms with Gasteiger partial charge in [0.15, 0.2) is 0 Å². The van der Waals surface area contributed by atoms with Gasteiger partial charge in [-0.05, 0) is 67.1 Å². The van der Waals surface area contributed by atoms with Crippen molar-refractivity contribution in [2.24, 2.45) is 5.92 Å². The number of nitrogens with zero attached hydrogens (tertiary/aromatic N) is 2. The quantitative estimate of drug-likeness (QED) is 0.457. The fraction of sp³-hybridized carbons (Fsp3) is 0.310. The molecular weight excluding hydrogens is 472 g/mol. The zero-order chi connectivity index (χ0) is 26.4. The van der Waals surface area contributed by atoms with Crippen molar-refractivity contribution in [3.8, 4) is 0 Å². The van der Waals surface area contributed by atoms with Gasteiger partial charge < -0.3 is 10.2 Å². The Morgan fingerprint density at radius 2 is 1.22 bits per heavy atom. The van der Waals surface area contributed by atoms with Crippen LogP contribution in [0.15, 0.2) is 48.5 Å². The molecule has 2 heterocycles. The molecule has 4 amide bonds. The molecule has 0 saturated carbocycles. The van der Waals surface area contributed by atoms with E-state index in [2.05, 4.69) is 6.92 Å². The summed E-state index contributed by atoms with van der Waals surface area (Å²) in [7, 11) is 0. The predicted molar refractivity (Wildman–Crippen MR) is 138 cm³/mol. The Morgan fingerprint density at radius 1 is 0.730 bits per heavy atom. The molecule has 190 valence electrons. The third kappa shape index (κ3) is 3.84. The maximum atomic E-state index is 13.6. The van der Waals surface area contributed by atoms with Crippen LogP contribution in [0.2, 0.25) is 0 Å². The van der Waals surface area contributed by atoms with Crippen molar-refractivity contribution in [2.45, 2.75) is 39.2 Å². The molecule has 0 aliphatic carbocycles. The van der Waals surface area contributed by atoms with Crippen molar-refractivity contribution in [1.29, 1.82) is 0 Å². The first kappa shape index (κ1) is 24.8. The highest BCUT2D eigenvalue weighted by Gasteiger charge is 2.41. The summed E-state index contributed by atoms with van der Waals surface area (Å²) < 4.78 is 0. The molecule has 0 fully saturated rings. The van der Waals surface area contributed by atoms with Gasteiger partial charge in [-0.15, -0.1) is 0 Å². The Kier molecular flexibility index (Phi) is 6.39. The van der Waals surface area contributed by atoms with Crippen molar-refractivity contribution in [3.63, 3.8) is 0 Å². The summed E-state index contributed by atoms with van der Waals surface area (Å²) in [6, 6.07) is 12.7. The second-order valence-electron chi connectivity index (χ2n) is 9.73. The van der Waals surface area contributed by atoms with Crippen molar-refractivity contribution in [1.82, 2.24) is 4.90 Å². The number of hydrogen-bond acceptors (Lipinski definition) is 6. The molecule has 0 spiro atoms. The standard InChI is InChI=1S/C29H28N2O6/c1-3-18(15-33)30-26(34)20-8-10-22-25-23(11-9-21(24(20)25)27(30)35)29(37)31(28(22)36)19-6-4-17(5-7-19)14-16(2)12-13-32/h4-11,16,18,32-33H,3,12-15H2,1-2H3. The minimum atomic E-state index is -0.663. The highest BCUT2D eigenvalue weighted by atomic mass is 16.3. The SMILES string of the molecule is CCC(CO)N1C(=O)c2ccc3c4c(ccc(c24)C1=O)C(=O)N(c1ccc(CC(C)CCO)cc1)C3=O. The Morgan fingerprint density at radius 3 is 1.65 bits per heavy atom. The van der Waals surface area contributed by atoms with E-state index in [1.165, 1.54) is 24.3 Å². The van der Waals surface area contributed by atoms with Crippen LogP contribution in [0.3, 0.4) is 0 Å². The predicted octanol–water partition coefficient (Wildman–Crippen LogP) is 3.57. The van der Waals surface area contributed by atoms with Gasteiger partial charge >= 0.3 is 0 Å². The Labute approximate surface area is 214 Å². The number of aliphatic hydroxyl groups excluding tert-OH is 2. The topological polar surface area (TPSA) is 115 Å². The van der Waals surface area contributed by atoms with E-state index in [4.69, 9.17) is 5.11 Å². The van der Waals surface area contributed by atoms with Crippen LogP contribution in [0.25, 0.3) is 10.8 Å². The van der Waals surface area contributed by atoms with Crippen LogP contribution in [-0.2, 0) is 6.42 Å². The van der Waals surface area contributed by atoms with E-state index in [9.17, 15) is 24.3 Å². The zero-order valence-electron chi connectivity index (χ0n) is 20.7. The summed E-state index contributed by atoms with van der Waals surface area (Å²) >= 11 is 0. The minimum absolute atomic E-state index is 0.125. The molecule has 0 bridgehead atoms. The molecule has 0 aromatic heterocycles. The molecule has 37 heavy (non-hydrogen) atoms. The lowest BCUT2D eigenvalue weighted by Crippen LogP contribution is -2.49. The zero-order valence-corrected chi connectivity index (χ0v) is 20.7. The van der Waals surface area contributed by atoms with Gasteiger partial charge in [0.1, 0.15) is 0 Å². The number of amides is 4. The molecule has 8 heteroatoms. The van der Waals surface area contributed by atoms with E-state index in [-0.39, 0.29) is 35.5 Å². The maximum Gasteiger partial charge on any atom is 0.265 e. The average Bonchev–Trinajstić information content (AvgIpc) is 2.89. The van der Waals surface area contributed by atoms with Gasteiger partial charge in [-0.1, -0.05) is 26.0 Å². The van der Waals surface area contributed by atoms with Crippen molar-refractivity contribution >= 4 is 40.1 Å². The number of aliphatic hydroxyl groups is 2. The van der Waals surface area contributed by atoms with Crippen molar-refractivity contribution < 1.29 is 29.4 Å². The lowest BCUT2D eigenvalue weighted by Gasteiger charge is -2.34. The largest absolute Gasteiger partial charge is 0.396 e. The summed E-state index contributed by atoms with van der Waals surface area (Å²) in [6.45, 7) is 3.61. The highest BCUT2D eigenvalue weighted by molar-refractivity contribution is 6.39. The third-order valence-corrected chi connectivity index (χ3v) is 7.37. The molecule has 8 nitrogen and oxygen atoms in total. The highest BCUT2D eigenvalue weighted by Crippen LogP contribution is 2.39. The molecule has 2 aliphatic rings. The normalized spacial score (nSPS) is 16.5. The van der Waals surface area contributed by atoms with Crippen LogP contribution in [0.5, 0.6) is 0 Å². The fourth-order valence-corrected chi connectivity index (χ4v) is 5.36. The lowest BCUT2D eigenvalue weighted by molar-refractivity contribution is 0.0465. The summed E-state index contributed by atoms with van der Waals surface area (Å²) in [6.07, 6.45) is 1.86. The average molecular weight is 501 g/mol. The van der Waals surface area contributed by atoms with Gasteiger partial charge in [-0.2, -0.15) is 0 Å². The van der Waals surface area contributed by atoms with Crippen LogP contribution in [0, 0.1) is 5.92 Å². The van der Waals surface area contributed by atoms with Crippen LogP contribution in [0.1, 0.15) is 73.7 Å². The Balaban J connectivity index is 1.56. The van der Waals surface area contributed by atoms with E-state index < -0.39 is 29.7 Å². The van der Waals surface area contributed by atoms with Gasteiger partial charge in [-0.3, -0.25) is 24.1 Å². The number of carbonyl (C=O) groups is 4. The summed E-state index contributed by atoms with van der Waals surface area (Å²) in [5.74, 6) is -1.84. The molecular formula is C29H28N2O6. The monoisotopic (exact) mass is 500 g/mol. The van der Waals surface area contributed by atoms with Gasteiger partial charge in [0, 0.05) is 39.6 Å². The molecule has 2 N–H and O–H groups in total. The smallest absolute Gasteiger partial charge is 0.265 e. The second-order valence-corrected chi connectivity index (χ2v) is 9.73. The lowest BCUT2D eigenvalue weighted by atomic mass is 9.85. The van der Waals surface area contributed by atoms with Gasteiger partial charge in [0.2, 0.25) is 0 Å². The summed E-state index contributed by atoms with van der Waals surface area (Å²) in [4.78, 5) is 56.0. The van der Waals surface area contributed by atoms with Crippen LogP contribution in [-0.4, -0.2) is 58.0 Å². The molecule has 3 aromatic rings. The number of carbonyl (C=O) groups excluding carboxylic acids is 4. The van der Waals surface area contributed by atoms with Crippen LogP contribution in [0.4, 0.5) is 5.69 Å². The molecule has 3 aromatic carbocycles. The summed E-state index contributed by atoms with van der Waals surface area (Å²) in [5, 5.41) is 19.5. The number of benzene rings is 3. The molecule has 2 unspecified atom stereocenters. The van der Waals surface area contributed by atoms with Gasteiger partial charge in [0.25, 0.3) is 23.6 Å². The van der Waals surface area contributed by atoms with Crippen LogP contribution < -0.4 is 4.90 Å². The Bertz CT molecular complexity index is 1370. The number of anilines is 1. The van der Waals surface area contributed by atoms with Gasteiger partial charge in [0.05, 0.1) is 18.3 Å². The van der Waals surface area contributed by atoms with Crippen LogP contribution >= 0.6 is 0 Å². The first-order valence-electron chi connectivity index (χ1n) is 12.5. The second kappa shape index (κ2) is 9.53. The third-order valence-electron chi connectivity index (χ3n) is 7.37. The van der Waals surface area contributed by atoms with Crippen molar-refractivity contribution in [3.05, 3.63) is 76.3 Å². The maximum absolute atomic E-state index is 13.6.